The number of nitrogens with zero attached hydrogens (tertiary/aromatic N) is 2. The van der Waals surface area contributed by atoms with Gasteiger partial charge in [0.15, 0.2) is 0 Å². The van der Waals surface area contributed by atoms with E-state index in [4.69, 9.17) is 11.6 Å². The largest absolute Gasteiger partial charge is 0.343 e. The molecule has 0 aliphatic carbocycles. The van der Waals surface area contributed by atoms with Gasteiger partial charge in [-0.2, -0.15) is 0 Å². The number of pyridine rings is 1. The molecule has 0 radical (unpaired) electrons. The minimum atomic E-state index is 0.0216. The van der Waals surface area contributed by atoms with E-state index in [9.17, 15) is 4.79 Å². The molecule has 0 unspecified atom stereocenters. The smallest absolute Gasteiger partial charge is 0.255 e. The summed E-state index contributed by atoms with van der Waals surface area (Å²) in [6.07, 6.45) is 2.45. The molecule has 0 atom stereocenters. The lowest BCUT2D eigenvalue weighted by Crippen LogP contribution is -2.21. The summed E-state index contributed by atoms with van der Waals surface area (Å²) in [6, 6.07) is 15.9. The monoisotopic (exact) mass is 336 g/mol. The first-order chi connectivity index (χ1) is 11.6. The van der Waals surface area contributed by atoms with Crippen molar-refractivity contribution in [1.82, 2.24) is 9.13 Å². The first-order valence-electron chi connectivity index (χ1n) is 7.87. The zero-order valence-corrected chi connectivity index (χ0v) is 14.3. The molecule has 0 bridgehead atoms. The number of aromatic nitrogens is 2. The maximum absolute atomic E-state index is 12.8. The fourth-order valence-corrected chi connectivity index (χ4v) is 3.68. The highest BCUT2D eigenvalue weighted by molar-refractivity contribution is 6.31. The molecule has 24 heavy (non-hydrogen) atoms. The molecule has 3 nitrogen and oxygen atoms in total. The number of benzene rings is 2. The molecule has 0 amide bonds. The second-order valence-corrected chi connectivity index (χ2v) is 6.54. The fourth-order valence-electron chi connectivity index (χ4n) is 3.48. The summed E-state index contributed by atoms with van der Waals surface area (Å²) in [5.41, 5.74) is 3.88. The Labute approximate surface area is 144 Å². The van der Waals surface area contributed by atoms with Crippen LogP contribution in [-0.4, -0.2) is 9.13 Å². The summed E-state index contributed by atoms with van der Waals surface area (Å²) in [4.78, 5) is 12.8. The molecule has 0 aliphatic rings. The molecule has 4 rings (SSSR count). The normalized spacial score (nSPS) is 11.5. The first kappa shape index (κ1) is 15.0. The Bertz CT molecular complexity index is 1140. The molecule has 120 valence electrons. The molecule has 4 aromatic rings. The van der Waals surface area contributed by atoms with Gasteiger partial charge in [0.05, 0.1) is 5.52 Å². The van der Waals surface area contributed by atoms with Gasteiger partial charge >= 0.3 is 0 Å². The Morgan fingerprint density at radius 2 is 1.67 bits per heavy atom. The second-order valence-electron chi connectivity index (χ2n) is 6.13. The molecular weight excluding hydrogens is 320 g/mol. The van der Waals surface area contributed by atoms with Gasteiger partial charge in [-0.25, -0.2) is 0 Å². The summed E-state index contributed by atoms with van der Waals surface area (Å²) in [7, 11) is 3.82. The SMILES string of the molecule is Cn1cc2c3ccccc3n(C)c2c(Cc2ccccc2Cl)c1=O. The van der Waals surface area contributed by atoms with Crippen LogP contribution in [0.5, 0.6) is 0 Å². The molecule has 2 aromatic carbocycles. The minimum Gasteiger partial charge on any atom is -0.343 e. The van der Waals surface area contributed by atoms with E-state index < -0.39 is 0 Å². The van der Waals surface area contributed by atoms with E-state index in [0.29, 0.717) is 11.4 Å². The predicted molar refractivity (Wildman–Crippen MR) is 99.9 cm³/mol. The zero-order chi connectivity index (χ0) is 16.8. The van der Waals surface area contributed by atoms with Crippen molar-refractivity contribution in [2.45, 2.75) is 6.42 Å². The van der Waals surface area contributed by atoms with Gasteiger partial charge in [-0.1, -0.05) is 48.0 Å². The Hall–Kier alpha value is -2.52. The highest BCUT2D eigenvalue weighted by Crippen LogP contribution is 2.30. The van der Waals surface area contributed by atoms with Crippen LogP contribution in [0.25, 0.3) is 21.8 Å². The van der Waals surface area contributed by atoms with Crippen molar-refractivity contribution >= 4 is 33.4 Å². The Morgan fingerprint density at radius 1 is 0.958 bits per heavy atom. The maximum atomic E-state index is 12.8. The van der Waals surface area contributed by atoms with E-state index >= 15 is 0 Å². The van der Waals surface area contributed by atoms with Crippen LogP contribution < -0.4 is 5.56 Å². The van der Waals surface area contributed by atoms with Crippen molar-refractivity contribution in [3.8, 4) is 0 Å². The average molecular weight is 337 g/mol. The zero-order valence-electron chi connectivity index (χ0n) is 13.6. The number of para-hydroxylation sites is 1. The molecule has 0 saturated heterocycles. The first-order valence-corrected chi connectivity index (χ1v) is 8.24. The third-order valence-electron chi connectivity index (χ3n) is 4.66. The van der Waals surface area contributed by atoms with E-state index in [2.05, 4.69) is 16.7 Å². The molecule has 0 N–H and O–H groups in total. The van der Waals surface area contributed by atoms with E-state index in [1.54, 1.807) is 11.6 Å². The molecule has 0 aliphatic heterocycles. The van der Waals surface area contributed by atoms with Crippen molar-refractivity contribution in [1.29, 1.82) is 0 Å². The van der Waals surface area contributed by atoms with Gasteiger partial charge in [0.2, 0.25) is 0 Å². The van der Waals surface area contributed by atoms with Crippen LogP contribution in [0.2, 0.25) is 5.02 Å². The average Bonchev–Trinajstić information content (AvgIpc) is 2.86. The van der Waals surface area contributed by atoms with E-state index in [1.165, 1.54) is 0 Å². The summed E-state index contributed by atoms with van der Waals surface area (Å²) >= 11 is 6.32. The fraction of sp³-hybridized carbons (Fsp3) is 0.150. The van der Waals surface area contributed by atoms with Gasteiger partial charge in [0.1, 0.15) is 0 Å². The van der Waals surface area contributed by atoms with Gasteiger partial charge in [0.25, 0.3) is 5.56 Å². The number of fused-ring (bicyclic) bond motifs is 3. The standard InChI is InChI=1S/C20H17ClN2O/c1-22-12-16-14-8-4-6-10-18(14)23(2)19(16)15(20(22)24)11-13-7-3-5-9-17(13)21/h3-10,12H,11H2,1-2H3. The van der Waals surface area contributed by atoms with Gasteiger partial charge in [0, 0.05) is 53.6 Å². The topological polar surface area (TPSA) is 26.9 Å². The lowest BCUT2D eigenvalue weighted by Gasteiger charge is -2.10. The van der Waals surface area contributed by atoms with E-state index in [0.717, 1.165) is 32.9 Å². The lowest BCUT2D eigenvalue weighted by molar-refractivity contribution is 0.846. The molecule has 0 spiro atoms. The van der Waals surface area contributed by atoms with Crippen LogP contribution in [-0.2, 0) is 20.5 Å². The second kappa shape index (κ2) is 5.53. The van der Waals surface area contributed by atoms with Gasteiger partial charge in [-0.15, -0.1) is 0 Å². The van der Waals surface area contributed by atoms with Crippen molar-refractivity contribution in [2.75, 3.05) is 0 Å². The molecule has 0 saturated carbocycles. The van der Waals surface area contributed by atoms with Crippen molar-refractivity contribution in [3.63, 3.8) is 0 Å². The summed E-state index contributed by atoms with van der Waals surface area (Å²) in [6.45, 7) is 0. The van der Waals surface area contributed by atoms with Crippen LogP contribution in [0.15, 0.2) is 59.5 Å². The van der Waals surface area contributed by atoms with Crippen LogP contribution in [0.4, 0.5) is 0 Å². The van der Waals surface area contributed by atoms with Crippen molar-refractivity contribution in [2.24, 2.45) is 14.1 Å². The van der Waals surface area contributed by atoms with Crippen LogP contribution in [0, 0.1) is 0 Å². The number of hydrogen-bond acceptors (Lipinski definition) is 1. The number of aryl methyl sites for hydroxylation is 2. The summed E-state index contributed by atoms with van der Waals surface area (Å²) < 4.78 is 3.78. The minimum absolute atomic E-state index is 0.0216. The molecule has 0 fully saturated rings. The summed E-state index contributed by atoms with van der Waals surface area (Å²) in [5.74, 6) is 0. The van der Waals surface area contributed by atoms with Crippen molar-refractivity contribution < 1.29 is 0 Å². The Kier molecular flexibility index (Phi) is 3.47. The van der Waals surface area contributed by atoms with Gasteiger partial charge in [-0.3, -0.25) is 4.79 Å². The number of hydrogen-bond donors (Lipinski definition) is 0. The van der Waals surface area contributed by atoms with Crippen LogP contribution >= 0.6 is 11.6 Å². The third kappa shape index (κ3) is 2.16. The molecule has 2 aromatic heterocycles. The maximum Gasteiger partial charge on any atom is 0.255 e. The molecule has 2 heterocycles. The van der Waals surface area contributed by atoms with Gasteiger partial charge in [-0.05, 0) is 17.7 Å². The molecular formula is C20H17ClN2O. The lowest BCUT2D eigenvalue weighted by atomic mass is 10.0. The highest BCUT2D eigenvalue weighted by atomic mass is 35.5. The van der Waals surface area contributed by atoms with Gasteiger partial charge < -0.3 is 9.13 Å². The molecule has 4 heteroatoms. The number of halogens is 1. The summed E-state index contributed by atoms with van der Waals surface area (Å²) in [5, 5.41) is 2.94. The van der Waals surface area contributed by atoms with E-state index in [1.807, 2.05) is 49.6 Å². The predicted octanol–water partition coefficient (Wildman–Crippen LogP) is 4.27. The van der Waals surface area contributed by atoms with Crippen molar-refractivity contribution in [3.05, 3.63) is 81.2 Å². The van der Waals surface area contributed by atoms with Crippen LogP contribution in [0.1, 0.15) is 11.1 Å². The quantitative estimate of drug-likeness (QED) is 0.537. The Balaban J connectivity index is 2.09. The highest BCUT2D eigenvalue weighted by Gasteiger charge is 2.17. The van der Waals surface area contributed by atoms with E-state index in [-0.39, 0.29) is 5.56 Å². The number of rotatable bonds is 2. The Morgan fingerprint density at radius 3 is 2.46 bits per heavy atom. The van der Waals surface area contributed by atoms with Crippen LogP contribution in [0.3, 0.4) is 0 Å². The third-order valence-corrected chi connectivity index (χ3v) is 5.03.